The molecular formula is C20H19NO6S. The lowest BCUT2D eigenvalue weighted by Crippen LogP contribution is -2.28. The minimum Gasteiger partial charge on any atom is -0.496 e. The number of methoxy groups -OCH3 is 4. The second-order valence-electron chi connectivity index (χ2n) is 5.64. The van der Waals surface area contributed by atoms with E-state index >= 15 is 0 Å². The fourth-order valence-electron chi connectivity index (χ4n) is 2.80. The summed E-state index contributed by atoms with van der Waals surface area (Å²) in [4.78, 5) is 26.8. The summed E-state index contributed by atoms with van der Waals surface area (Å²) in [5.41, 5.74) is 0.987. The zero-order chi connectivity index (χ0) is 20.3. The Balaban J connectivity index is 2.03. The van der Waals surface area contributed by atoms with Crippen molar-refractivity contribution in [3.8, 4) is 23.0 Å². The van der Waals surface area contributed by atoms with Crippen molar-refractivity contribution in [3.63, 3.8) is 0 Å². The standard InChI is InChI=1S/C20H19NO6S/c1-24-14-8-6-5-7-13(14)21-19(22)18(28-20(21)23)10-12-9-16(26-3)17(27-4)11-15(12)25-2/h5-11H,1-4H3/b18-10-. The Morgan fingerprint density at radius 3 is 2.07 bits per heavy atom. The molecule has 3 rings (SSSR count). The molecule has 0 bridgehead atoms. The Morgan fingerprint density at radius 1 is 0.821 bits per heavy atom. The van der Waals surface area contributed by atoms with Gasteiger partial charge in [-0.2, -0.15) is 0 Å². The number of para-hydroxylation sites is 2. The maximum Gasteiger partial charge on any atom is 0.298 e. The monoisotopic (exact) mass is 401 g/mol. The molecule has 2 amide bonds. The summed E-state index contributed by atoms with van der Waals surface area (Å²) < 4.78 is 21.2. The minimum absolute atomic E-state index is 0.265. The number of hydrogen-bond acceptors (Lipinski definition) is 7. The number of rotatable bonds is 6. The molecule has 0 saturated carbocycles. The average Bonchev–Trinajstić information content (AvgIpc) is 3.00. The first-order valence-electron chi connectivity index (χ1n) is 8.25. The molecule has 0 N–H and O–H groups in total. The van der Waals surface area contributed by atoms with Crippen molar-refractivity contribution in [2.24, 2.45) is 0 Å². The molecule has 0 aromatic heterocycles. The van der Waals surface area contributed by atoms with Crippen molar-refractivity contribution < 1.29 is 28.5 Å². The van der Waals surface area contributed by atoms with Gasteiger partial charge in [-0.3, -0.25) is 9.59 Å². The van der Waals surface area contributed by atoms with Crippen LogP contribution < -0.4 is 23.8 Å². The van der Waals surface area contributed by atoms with E-state index < -0.39 is 11.1 Å². The first-order valence-corrected chi connectivity index (χ1v) is 9.06. The number of benzene rings is 2. The zero-order valence-corrected chi connectivity index (χ0v) is 16.7. The third-order valence-electron chi connectivity index (χ3n) is 4.14. The second-order valence-corrected chi connectivity index (χ2v) is 6.63. The van der Waals surface area contributed by atoms with Crippen molar-refractivity contribution in [2.45, 2.75) is 0 Å². The molecule has 1 fully saturated rings. The Bertz CT molecular complexity index is 956. The first kappa shape index (κ1) is 19.6. The van der Waals surface area contributed by atoms with Gasteiger partial charge in [0.1, 0.15) is 11.5 Å². The number of hydrogen-bond donors (Lipinski definition) is 0. The van der Waals surface area contributed by atoms with Crippen LogP contribution in [0.15, 0.2) is 41.3 Å². The second kappa shape index (κ2) is 8.26. The number of thioether (sulfide) groups is 1. The van der Waals surface area contributed by atoms with Gasteiger partial charge >= 0.3 is 0 Å². The van der Waals surface area contributed by atoms with Crippen LogP contribution in [0.25, 0.3) is 6.08 Å². The van der Waals surface area contributed by atoms with E-state index in [0.717, 1.165) is 16.7 Å². The molecule has 0 aliphatic carbocycles. The number of carbonyl (C=O) groups excluding carboxylic acids is 2. The Morgan fingerprint density at radius 2 is 1.43 bits per heavy atom. The van der Waals surface area contributed by atoms with E-state index in [2.05, 4.69) is 0 Å². The lowest BCUT2D eigenvalue weighted by atomic mass is 10.1. The summed E-state index contributed by atoms with van der Waals surface area (Å²) in [5.74, 6) is 1.48. The van der Waals surface area contributed by atoms with Crippen LogP contribution in [0.5, 0.6) is 23.0 Å². The smallest absolute Gasteiger partial charge is 0.298 e. The predicted octanol–water partition coefficient (Wildman–Crippen LogP) is 3.96. The predicted molar refractivity (Wildman–Crippen MR) is 108 cm³/mol. The highest BCUT2D eigenvalue weighted by atomic mass is 32.2. The molecule has 1 aliphatic rings. The molecule has 8 heteroatoms. The number of imide groups is 1. The number of ether oxygens (including phenoxy) is 4. The van der Waals surface area contributed by atoms with E-state index in [1.165, 1.54) is 28.4 Å². The molecule has 0 radical (unpaired) electrons. The summed E-state index contributed by atoms with van der Waals surface area (Å²) >= 11 is 0.849. The van der Waals surface area contributed by atoms with Gasteiger partial charge in [0.25, 0.3) is 11.1 Å². The molecule has 2 aromatic rings. The Labute approximate surface area is 166 Å². The van der Waals surface area contributed by atoms with Crippen LogP contribution >= 0.6 is 11.8 Å². The number of anilines is 1. The summed E-state index contributed by atoms with van der Waals surface area (Å²) in [6.07, 6.45) is 1.60. The van der Waals surface area contributed by atoms with Gasteiger partial charge in [0.15, 0.2) is 11.5 Å². The maximum atomic E-state index is 12.9. The van der Waals surface area contributed by atoms with Crippen molar-refractivity contribution in [2.75, 3.05) is 33.3 Å². The summed E-state index contributed by atoms with van der Waals surface area (Å²) in [6.45, 7) is 0. The number of amides is 2. The van der Waals surface area contributed by atoms with Crippen molar-refractivity contribution in [1.29, 1.82) is 0 Å². The van der Waals surface area contributed by atoms with Gasteiger partial charge < -0.3 is 18.9 Å². The van der Waals surface area contributed by atoms with E-state index in [1.807, 2.05) is 0 Å². The molecule has 0 atom stereocenters. The van der Waals surface area contributed by atoms with Gasteiger partial charge in [-0.25, -0.2) is 4.90 Å². The van der Waals surface area contributed by atoms with E-state index in [0.29, 0.717) is 34.2 Å². The van der Waals surface area contributed by atoms with Crippen molar-refractivity contribution in [3.05, 3.63) is 46.9 Å². The lowest BCUT2D eigenvalue weighted by molar-refractivity contribution is -0.113. The highest BCUT2D eigenvalue weighted by molar-refractivity contribution is 8.19. The minimum atomic E-state index is -0.434. The van der Waals surface area contributed by atoms with E-state index in [9.17, 15) is 9.59 Å². The molecule has 1 heterocycles. The summed E-state index contributed by atoms with van der Waals surface area (Å²) in [7, 11) is 6.04. The van der Waals surface area contributed by atoms with Gasteiger partial charge in [0.05, 0.1) is 39.0 Å². The zero-order valence-electron chi connectivity index (χ0n) is 15.8. The molecule has 2 aromatic carbocycles. The van der Waals surface area contributed by atoms with Crippen LogP contribution in [-0.2, 0) is 4.79 Å². The highest BCUT2D eigenvalue weighted by Gasteiger charge is 2.38. The molecule has 1 saturated heterocycles. The SMILES string of the molecule is COc1cc(OC)c(OC)cc1/C=C1\SC(=O)N(c2ccccc2OC)C1=O. The van der Waals surface area contributed by atoms with Crippen LogP contribution in [0.3, 0.4) is 0 Å². The Kier molecular flexibility index (Phi) is 5.79. The molecule has 28 heavy (non-hydrogen) atoms. The Hall–Kier alpha value is -3.13. The molecule has 0 unspecified atom stereocenters. The van der Waals surface area contributed by atoms with Crippen LogP contribution in [-0.4, -0.2) is 39.6 Å². The molecular weight excluding hydrogens is 382 g/mol. The molecule has 7 nitrogen and oxygen atoms in total. The average molecular weight is 401 g/mol. The van der Waals surface area contributed by atoms with Gasteiger partial charge in [-0.15, -0.1) is 0 Å². The maximum absolute atomic E-state index is 12.9. The van der Waals surface area contributed by atoms with Gasteiger partial charge in [-0.1, -0.05) is 12.1 Å². The third kappa shape index (κ3) is 3.50. The van der Waals surface area contributed by atoms with Crippen LogP contribution in [0.1, 0.15) is 5.56 Å². The number of carbonyl (C=O) groups is 2. The first-order chi connectivity index (χ1) is 13.5. The van der Waals surface area contributed by atoms with Crippen molar-refractivity contribution >= 4 is 34.7 Å². The fraction of sp³-hybridized carbons (Fsp3) is 0.200. The summed E-state index contributed by atoms with van der Waals surface area (Å²) in [5, 5.41) is -0.403. The fourth-order valence-corrected chi connectivity index (χ4v) is 3.62. The third-order valence-corrected chi connectivity index (χ3v) is 5.01. The van der Waals surface area contributed by atoms with E-state index in [4.69, 9.17) is 18.9 Å². The van der Waals surface area contributed by atoms with E-state index in [-0.39, 0.29) is 4.91 Å². The van der Waals surface area contributed by atoms with E-state index in [1.54, 1.807) is 42.5 Å². The summed E-state index contributed by atoms with van der Waals surface area (Å²) in [6, 6.07) is 10.2. The highest BCUT2D eigenvalue weighted by Crippen LogP contribution is 2.41. The van der Waals surface area contributed by atoms with Crippen LogP contribution in [0.2, 0.25) is 0 Å². The topological polar surface area (TPSA) is 74.3 Å². The van der Waals surface area contributed by atoms with Gasteiger partial charge in [0, 0.05) is 11.6 Å². The largest absolute Gasteiger partial charge is 0.496 e. The molecule has 146 valence electrons. The number of nitrogens with zero attached hydrogens (tertiary/aromatic N) is 1. The lowest BCUT2D eigenvalue weighted by Gasteiger charge is -2.15. The van der Waals surface area contributed by atoms with Gasteiger partial charge in [-0.05, 0) is 36.0 Å². The van der Waals surface area contributed by atoms with Gasteiger partial charge in [0.2, 0.25) is 0 Å². The molecule has 0 spiro atoms. The van der Waals surface area contributed by atoms with Crippen LogP contribution in [0.4, 0.5) is 10.5 Å². The molecule has 1 aliphatic heterocycles. The van der Waals surface area contributed by atoms with Crippen LogP contribution in [0, 0.1) is 0 Å². The van der Waals surface area contributed by atoms with Crippen molar-refractivity contribution in [1.82, 2.24) is 0 Å². The quantitative estimate of drug-likeness (QED) is 0.678. The normalized spacial score (nSPS) is 15.1.